The van der Waals surface area contributed by atoms with E-state index < -0.39 is 0 Å². The number of aromatic nitrogens is 1. The third-order valence-corrected chi connectivity index (χ3v) is 1.85. The Kier molecular flexibility index (Phi) is 4.19. The van der Waals surface area contributed by atoms with Gasteiger partial charge in [0.25, 0.3) is 0 Å². The molecule has 4 heteroatoms. The minimum Gasteiger partial charge on any atom is -0.311 e. The number of nitrogens with one attached hydrogen (secondary N) is 1. The fourth-order valence-electron chi connectivity index (χ4n) is 1.08. The van der Waals surface area contributed by atoms with E-state index in [1.807, 2.05) is 13.0 Å². The van der Waals surface area contributed by atoms with Gasteiger partial charge in [0.1, 0.15) is 5.82 Å². The largest absolute Gasteiger partial charge is 0.311 e. The summed E-state index contributed by atoms with van der Waals surface area (Å²) in [5.74, 6) is 6.74. The van der Waals surface area contributed by atoms with Gasteiger partial charge < -0.3 is 5.32 Å². The van der Waals surface area contributed by atoms with Crippen molar-refractivity contribution in [1.29, 1.82) is 0 Å². The third kappa shape index (κ3) is 3.64. The summed E-state index contributed by atoms with van der Waals surface area (Å²) < 4.78 is 0. The lowest BCUT2D eigenvalue weighted by Crippen LogP contribution is -2.08. The van der Waals surface area contributed by atoms with Crippen molar-refractivity contribution >= 4 is 24.4 Å². The zero-order valence-electron chi connectivity index (χ0n) is 8.66. The summed E-state index contributed by atoms with van der Waals surface area (Å²) in [6.07, 6.45) is 0. The Morgan fingerprint density at radius 3 is 2.87 bits per heavy atom. The zero-order chi connectivity index (χ0) is 11.3. The predicted molar refractivity (Wildman–Crippen MR) is 64.0 cm³/mol. The van der Waals surface area contributed by atoms with Crippen LogP contribution in [0.5, 0.6) is 0 Å². The number of hydrogen-bond acceptors (Lipinski definition) is 3. The SMILES string of the molecule is CC(=O)Nc1ccc(C#CCS)c(C)n1. The summed E-state index contributed by atoms with van der Waals surface area (Å²) in [5.41, 5.74) is 1.66. The smallest absolute Gasteiger partial charge is 0.222 e. The third-order valence-electron chi connectivity index (χ3n) is 1.69. The first-order valence-electron chi connectivity index (χ1n) is 4.48. The monoisotopic (exact) mass is 220 g/mol. The van der Waals surface area contributed by atoms with Gasteiger partial charge in [0.05, 0.1) is 11.4 Å². The Morgan fingerprint density at radius 1 is 1.60 bits per heavy atom. The molecular formula is C11H12N2OS. The van der Waals surface area contributed by atoms with Crippen molar-refractivity contribution in [2.45, 2.75) is 13.8 Å². The van der Waals surface area contributed by atoms with Gasteiger partial charge in [-0.15, -0.1) is 0 Å². The van der Waals surface area contributed by atoms with E-state index in [0.29, 0.717) is 11.6 Å². The Balaban J connectivity index is 2.92. The van der Waals surface area contributed by atoms with E-state index in [2.05, 4.69) is 34.8 Å². The van der Waals surface area contributed by atoms with Gasteiger partial charge in [0.15, 0.2) is 0 Å². The summed E-state index contributed by atoms with van der Waals surface area (Å²) in [5, 5.41) is 2.62. The minimum absolute atomic E-state index is 0.129. The van der Waals surface area contributed by atoms with Gasteiger partial charge in [-0.25, -0.2) is 4.98 Å². The molecule has 15 heavy (non-hydrogen) atoms. The molecule has 1 aromatic heterocycles. The quantitative estimate of drug-likeness (QED) is 0.558. The first kappa shape index (κ1) is 11.6. The van der Waals surface area contributed by atoms with Gasteiger partial charge in [-0.3, -0.25) is 4.79 Å². The summed E-state index contributed by atoms with van der Waals surface area (Å²) in [4.78, 5) is 15.0. The van der Waals surface area contributed by atoms with E-state index >= 15 is 0 Å². The van der Waals surface area contributed by atoms with Gasteiger partial charge >= 0.3 is 0 Å². The van der Waals surface area contributed by atoms with Crippen molar-refractivity contribution < 1.29 is 4.79 Å². The minimum atomic E-state index is -0.129. The molecule has 1 heterocycles. The van der Waals surface area contributed by atoms with Crippen molar-refractivity contribution in [1.82, 2.24) is 4.98 Å². The van der Waals surface area contributed by atoms with Crippen LogP contribution in [0.2, 0.25) is 0 Å². The standard InChI is InChI=1S/C11H12N2OS/c1-8-10(4-3-7-15)5-6-11(12-8)13-9(2)14/h5-6,15H,7H2,1-2H3,(H,12,13,14). The van der Waals surface area contributed by atoms with Crippen molar-refractivity contribution in [3.05, 3.63) is 23.4 Å². The molecule has 0 aliphatic heterocycles. The molecule has 78 valence electrons. The molecule has 0 aromatic carbocycles. The van der Waals surface area contributed by atoms with Gasteiger partial charge in [0.2, 0.25) is 5.91 Å². The van der Waals surface area contributed by atoms with Crippen LogP contribution >= 0.6 is 12.6 Å². The number of carbonyl (C=O) groups excluding carboxylic acids is 1. The number of anilines is 1. The van der Waals surface area contributed by atoms with Crippen LogP contribution in [0.25, 0.3) is 0 Å². The highest BCUT2D eigenvalue weighted by Gasteiger charge is 2.00. The molecule has 3 nitrogen and oxygen atoms in total. The fraction of sp³-hybridized carbons (Fsp3) is 0.273. The topological polar surface area (TPSA) is 42.0 Å². The second-order valence-electron chi connectivity index (χ2n) is 2.97. The van der Waals surface area contributed by atoms with E-state index in [1.165, 1.54) is 6.92 Å². The summed E-state index contributed by atoms with van der Waals surface area (Å²) in [6.45, 7) is 3.31. The average Bonchev–Trinajstić information content (AvgIpc) is 2.15. The molecule has 0 saturated carbocycles. The molecule has 0 aliphatic carbocycles. The van der Waals surface area contributed by atoms with Crippen LogP contribution in [-0.2, 0) is 4.79 Å². The van der Waals surface area contributed by atoms with E-state index in [1.54, 1.807) is 6.07 Å². The normalized spacial score (nSPS) is 9.00. The number of aryl methyl sites for hydroxylation is 1. The Bertz CT molecular complexity index is 432. The Labute approximate surface area is 94.7 Å². The summed E-state index contributed by atoms with van der Waals surface area (Å²) in [6, 6.07) is 3.57. The maximum atomic E-state index is 10.8. The Morgan fingerprint density at radius 2 is 2.33 bits per heavy atom. The highest BCUT2D eigenvalue weighted by Crippen LogP contribution is 2.09. The predicted octanol–water partition coefficient (Wildman–Crippen LogP) is 1.63. The number of nitrogens with zero attached hydrogens (tertiary/aromatic N) is 1. The number of rotatable bonds is 1. The molecule has 1 N–H and O–H groups in total. The highest BCUT2D eigenvalue weighted by molar-refractivity contribution is 7.80. The van der Waals surface area contributed by atoms with Crippen molar-refractivity contribution in [3.8, 4) is 11.8 Å². The number of carbonyl (C=O) groups is 1. The van der Waals surface area contributed by atoms with Gasteiger partial charge in [-0.1, -0.05) is 11.8 Å². The number of pyridine rings is 1. The molecule has 0 bridgehead atoms. The molecular weight excluding hydrogens is 208 g/mol. The number of thiol groups is 1. The van der Waals surface area contributed by atoms with Crippen molar-refractivity contribution in [2.75, 3.05) is 11.1 Å². The van der Waals surface area contributed by atoms with Crippen LogP contribution in [0.15, 0.2) is 12.1 Å². The lowest BCUT2D eigenvalue weighted by atomic mass is 10.2. The van der Waals surface area contributed by atoms with E-state index in [0.717, 1.165) is 11.3 Å². The first-order valence-corrected chi connectivity index (χ1v) is 5.11. The first-order chi connectivity index (χ1) is 7.13. The fourth-order valence-corrected chi connectivity index (χ4v) is 1.16. The van der Waals surface area contributed by atoms with Crippen LogP contribution in [0, 0.1) is 18.8 Å². The molecule has 0 radical (unpaired) electrons. The molecule has 0 unspecified atom stereocenters. The number of hydrogen-bond donors (Lipinski definition) is 2. The molecule has 1 amide bonds. The maximum absolute atomic E-state index is 10.8. The van der Waals surface area contributed by atoms with Crippen LogP contribution in [-0.4, -0.2) is 16.6 Å². The van der Waals surface area contributed by atoms with Crippen molar-refractivity contribution in [3.63, 3.8) is 0 Å². The highest BCUT2D eigenvalue weighted by atomic mass is 32.1. The van der Waals surface area contributed by atoms with Crippen LogP contribution in [0.3, 0.4) is 0 Å². The Hall–Kier alpha value is -1.47. The molecule has 0 aliphatic rings. The zero-order valence-corrected chi connectivity index (χ0v) is 9.56. The van der Waals surface area contributed by atoms with E-state index in [-0.39, 0.29) is 5.91 Å². The van der Waals surface area contributed by atoms with Crippen LogP contribution in [0.4, 0.5) is 5.82 Å². The van der Waals surface area contributed by atoms with Gasteiger partial charge in [-0.05, 0) is 19.1 Å². The second-order valence-corrected chi connectivity index (χ2v) is 3.29. The maximum Gasteiger partial charge on any atom is 0.222 e. The average molecular weight is 220 g/mol. The molecule has 0 fully saturated rings. The lowest BCUT2D eigenvalue weighted by Gasteiger charge is -2.03. The summed E-state index contributed by atoms with van der Waals surface area (Å²) in [7, 11) is 0. The van der Waals surface area contributed by atoms with Crippen molar-refractivity contribution in [2.24, 2.45) is 0 Å². The summed E-state index contributed by atoms with van der Waals surface area (Å²) >= 11 is 4.00. The second kappa shape index (κ2) is 5.42. The van der Waals surface area contributed by atoms with Crippen LogP contribution < -0.4 is 5.32 Å². The molecule has 1 aromatic rings. The van der Waals surface area contributed by atoms with Gasteiger partial charge in [-0.2, -0.15) is 12.6 Å². The molecule has 1 rings (SSSR count). The van der Waals surface area contributed by atoms with Gasteiger partial charge in [0, 0.05) is 12.5 Å². The lowest BCUT2D eigenvalue weighted by molar-refractivity contribution is -0.114. The van der Waals surface area contributed by atoms with E-state index in [4.69, 9.17) is 0 Å². The molecule has 0 atom stereocenters. The molecule has 0 saturated heterocycles. The number of amides is 1. The van der Waals surface area contributed by atoms with Crippen LogP contribution in [0.1, 0.15) is 18.2 Å². The van der Waals surface area contributed by atoms with E-state index in [9.17, 15) is 4.79 Å². The molecule has 0 spiro atoms.